The molecule has 0 atom stereocenters. The molecule has 0 aliphatic carbocycles. The Kier molecular flexibility index (Phi) is 5.03. The van der Waals surface area contributed by atoms with Crippen LogP contribution < -0.4 is 5.73 Å². The minimum atomic E-state index is 0.209. The molecule has 0 spiro atoms. The monoisotopic (exact) mass is 360 g/mol. The van der Waals surface area contributed by atoms with Crippen LogP contribution in [0.2, 0.25) is 0 Å². The third kappa shape index (κ3) is 3.93. The van der Waals surface area contributed by atoms with Crippen molar-refractivity contribution in [1.29, 1.82) is 0 Å². The van der Waals surface area contributed by atoms with E-state index < -0.39 is 0 Å². The smallest absolute Gasteiger partial charge is 0.149 e. The Morgan fingerprint density at radius 1 is 0.963 bits per heavy atom. The average Bonchev–Trinajstić information content (AvgIpc) is 2.70. The van der Waals surface area contributed by atoms with Crippen LogP contribution in [0.15, 0.2) is 60.7 Å². The molecule has 0 bridgehead atoms. The van der Waals surface area contributed by atoms with Crippen molar-refractivity contribution in [2.75, 3.05) is 18.8 Å². The third-order valence-corrected chi connectivity index (χ3v) is 5.31. The number of likely N-dealkylation sites (tertiary alicyclic amines) is 1. The van der Waals surface area contributed by atoms with E-state index in [-0.39, 0.29) is 5.75 Å². The summed E-state index contributed by atoms with van der Waals surface area (Å²) in [4.78, 5) is 2.49. The van der Waals surface area contributed by atoms with E-state index in [9.17, 15) is 5.11 Å². The molecule has 3 N–H and O–H groups in total. The Balaban J connectivity index is 1.48. The number of nitrogen functional groups attached to an aromatic ring is 1. The van der Waals surface area contributed by atoms with Crippen LogP contribution >= 0.6 is 0 Å². The first-order chi connectivity index (χ1) is 13.2. The van der Waals surface area contributed by atoms with E-state index in [1.165, 1.54) is 5.56 Å². The van der Waals surface area contributed by atoms with Crippen molar-refractivity contribution in [2.24, 2.45) is 0 Å². The van der Waals surface area contributed by atoms with Crippen molar-refractivity contribution in [3.63, 3.8) is 0 Å². The number of aromatic nitrogens is 2. The minimum absolute atomic E-state index is 0.209. The number of phenols is 1. The molecule has 3 aromatic rings. The van der Waals surface area contributed by atoms with E-state index >= 15 is 0 Å². The quantitative estimate of drug-likeness (QED) is 0.740. The molecule has 27 heavy (non-hydrogen) atoms. The number of aromatic hydroxyl groups is 1. The molecular formula is C22H24N4O. The lowest BCUT2D eigenvalue weighted by atomic mass is 9.89. The molecule has 0 amide bonds. The standard InChI is InChI=1S/C22H24N4O/c23-22-19(14-20(24-25-22)18-8-4-5-9-21(18)27)17-10-12-26(13-11-17)15-16-6-2-1-3-7-16/h1-9,14,17,27H,10-13,15H2,(H2,23,25). The van der Waals surface area contributed by atoms with Crippen LogP contribution in [-0.4, -0.2) is 33.3 Å². The molecule has 5 heteroatoms. The summed E-state index contributed by atoms with van der Waals surface area (Å²) >= 11 is 0. The summed E-state index contributed by atoms with van der Waals surface area (Å²) in [5, 5.41) is 18.5. The van der Waals surface area contributed by atoms with Crippen molar-refractivity contribution in [3.8, 4) is 17.0 Å². The molecule has 1 saturated heterocycles. The van der Waals surface area contributed by atoms with Crippen LogP contribution in [0, 0.1) is 0 Å². The third-order valence-electron chi connectivity index (χ3n) is 5.31. The molecule has 2 heterocycles. The second-order valence-corrected chi connectivity index (χ2v) is 7.12. The highest BCUT2D eigenvalue weighted by molar-refractivity contribution is 5.68. The highest BCUT2D eigenvalue weighted by Gasteiger charge is 2.24. The predicted molar refractivity (Wildman–Crippen MR) is 107 cm³/mol. The number of phenolic OH excluding ortho intramolecular Hbond substituents is 1. The molecule has 0 unspecified atom stereocenters. The first kappa shape index (κ1) is 17.5. The van der Waals surface area contributed by atoms with Crippen LogP contribution in [0.25, 0.3) is 11.3 Å². The molecule has 1 aliphatic rings. The number of rotatable bonds is 4. The summed E-state index contributed by atoms with van der Waals surface area (Å²) in [5.74, 6) is 1.08. The fourth-order valence-electron chi connectivity index (χ4n) is 3.81. The summed E-state index contributed by atoms with van der Waals surface area (Å²) in [6.45, 7) is 3.06. The maximum absolute atomic E-state index is 10.1. The van der Waals surface area contributed by atoms with E-state index in [0.717, 1.165) is 38.0 Å². The molecule has 138 valence electrons. The lowest BCUT2D eigenvalue weighted by Gasteiger charge is -2.32. The maximum Gasteiger partial charge on any atom is 0.149 e. The molecule has 2 aromatic carbocycles. The molecular weight excluding hydrogens is 336 g/mol. The van der Waals surface area contributed by atoms with Gasteiger partial charge in [0.1, 0.15) is 11.6 Å². The number of hydrogen-bond donors (Lipinski definition) is 2. The number of nitrogens with zero attached hydrogens (tertiary/aromatic N) is 3. The van der Waals surface area contributed by atoms with E-state index in [1.807, 2.05) is 18.2 Å². The largest absolute Gasteiger partial charge is 0.507 e. The van der Waals surface area contributed by atoms with Gasteiger partial charge in [0.15, 0.2) is 0 Å². The van der Waals surface area contributed by atoms with Crippen molar-refractivity contribution < 1.29 is 5.11 Å². The molecule has 4 rings (SSSR count). The zero-order valence-electron chi connectivity index (χ0n) is 15.3. The van der Waals surface area contributed by atoms with E-state index in [2.05, 4.69) is 45.4 Å². The van der Waals surface area contributed by atoms with Crippen LogP contribution in [0.3, 0.4) is 0 Å². The normalized spacial score (nSPS) is 15.7. The van der Waals surface area contributed by atoms with E-state index in [1.54, 1.807) is 12.1 Å². The SMILES string of the molecule is Nc1nnc(-c2ccccc2O)cc1C1CCN(Cc2ccccc2)CC1. The summed E-state index contributed by atoms with van der Waals surface area (Å²) in [5.41, 5.74) is 9.90. The average molecular weight is 360 g/mol. The lowest BCUT2D eigenvalue weighted by molar-refractivity contribution is 0.205. The molecule has 0 saturated carbocycles. The Morgan fingerprint density at radius 3 is 2.41 bits per heavy atom. The van der Waals surface area contributed by atoms with Crippen LogP contribution in [0.4, 0.5) is 5.82 Å². The first-order valence-corrected chi connectivity index (χ1v) is 9.38. The van der Waals surface area contributed by atoms with Gasteiger partial charge in [-0.15, -0.1) is 10.2 Å². The second-order valence-electron chi connectivity index (χ2n) is 7.12. The van der Waals surface area contributed by atoms with Crippen molar-refractivity contribution in [1.82, 2.24) is 15.1 Å². The molecule has 1 aliphatic heterocycles. The molecule has 5 nitrogen and oxygen atoms in total. The van der Waals surface area contributed by atoms with E-state index in [0.29, 0.717) is 23.0 Å². The predicted octanol–water partition coefficient (Wildman–Crippen LogP) is 3.81. The number of nitrogens with two attached hydrogens (primary N) is 1. The number of para-hydroxylation sites is 1. The number of benzene rings is 2. The lowest BCUT2D eigenvalue weighted by Crippen LogP contribution is -2.32. The summed E-state index contributed by atoms with van der Waals surface area (Å²) in [6, 6.07) is 19.8. The maximum atomic E-state index is 10.1. The van der Waals surface area contributed by atoms with Crippen molar-refractivity contribution in [2.45, 2.75) is 25.3 Å². The number of anilines is 1. The van der Waals surface area contributed by atoms with Gasteiger partial charge in [-0.25, -0.2) is 0 Å². The fraction of sp³-hybridized carbons (Fsp3) is 0.273. The van der Waals surface area contributed by atoms with Gasteiger partial charge in [0.05, 0.1) is 5.69 Å². The minimum Gasteiger partial charge on any atom is -0.507 e. The summed E-state index contributed by atoms with van der Waals surface area (Å²) in [7, 11) is 0. The van der Waals surface area contributed by atoms with Gasteiger partial charge in [-0.3, -0.25) is 4.90 Å². The second kappa shape index (κ2) is 7.76. The zero-order valence-corrected chi connectivity index (χ0v) is 15.3. The number of piperidine rings is 1. The topological polar surface area (TPSA) is 75.3 Å². The van der Waals surface area contributed by atoms with Gasteiger partial charge in [0, 0.05) is 17.7 Å². The Hall–Kier alpha value is -2.92. The van der Waals surface area contributed by atoms with Gasteiger partial charge in [0.2, 0.25) is 0 Å². The molecule has 0 radical (unpaired) electrons. The van der Waals surface area contributed by atoms with Crippen LogP contribution in [0.5, 0.6) is 5.75 Å². The summed E-state index contributed by atoms with van der Waals surface area (Å²) in [6.07, 6.45) is 2.09. The number of hydrogen-bond acceptors (Lipinski definition) is 5. The van der Waals surface area contributed by atoms with Crippen molar-refractivity contribution >= 4 is 5.82 Å². The van der Waals surface area contributed by atoms with Crippen molar-refractivity contribution in [3.05, 3.63) is 71.8 Å². The first-order valence-electron chi connectivity index (χ1n) is 9.38. The summed E-state index contributed by atoms with van der Waals surface area (Å²) < 4.78 is 0. The van der Waals surface area contributed by atoms with E-state index in [4.69, 9.17) is 5.73 Å². The van der Waals surface area contributed by atoms with Gasteiger partial charge in [-0.2, -0.15) is 0 Å². The van der Waals surface area contributed by atoms with Gasteiger partial charge in [0.25, 0.3) is 0 Å². The zero-order chi connectivity index (χ0) is 18.6. The van der Waals surface area contributed by atoms with Crippen LogP contribution in [-0.2, 0) is 6.54 Å². The Labute approximate surface area is 159 Å². The van der Waals surface area contributed by atoms with Gasteiger partial charge in [-0.05, 0) is 55.6 Å². The van der Waals surface area contributed by atoms with Gasteiger partial charge in [-0.1, -0.05) is 42.5 Å². The highest BCUT2D eigenvalue weighted by atomic mass is 16.3. The Bertz CT molecular complexity index is 905. The van der Waals surface area contributed by atoms with Gasteiger partial charge < -0.3 is 10.8 Å². The molecule has 1 aromatic heterocycles. The molecule has 1 fully saturated rings. The Morgan fingerprint density at radius 2 is 1.67 bits per heavy atom. The van der Waals surface area contributed by atoms with Gasteiger partial charge >= 0.3 is 0 Å². The van der Waals surface area contributed by atoms with Crippen LogP contribution in [0.1, 0.15) is 29.9 Å². The highest BCUT2D eigenvalue weighted by Crippen LogP contribution is 2.34. The fourth-order valence-corrected chi connectivity index (χ4v) is 3.81.